The van der Waals surface area contributed by atoms with Crippen molar-refractivity contribution in [1.29, 1.82) is 5.26 Å². The average Bonchev–Trinajstić information content (AvgIpc) is 2.60. The number of carbonyl (C=O) groups is 2. The minimum absolute atomic E-state index is 0.323. The van der Waals surface area contributed by atoms with E-state index in [1.54, 1.807) is 0 Å². The molecular weight excluding hydrogens is 315 g/mol. The number of esters is 1. The zero-order chi connectivity index (χ0) is 17.4. The molecule has 1 aliphatic rings. The Morgan fingerprint density at radius 3 is 2.46 bits per heavy atom. The summed E-state index contributed by atoms with van der Waals surface area (Å²) < 4.78 is 22.7. The summed E-state index contributed by atoms with van der Waals surface area (Å²) in [5, 5.41) is 11.9. The van der Waals surface area contributed by atoms with Crippen LogP contribution in [0.2, 0.25) is 0 Å². The van der Waals surface area contributed by atoms with Crippen molar-refractivity contribution >= 4 is 11.9 Å². The average molecular weight is 334 g/mol. The molecule has 0 aliphatic heterocycles. The Balaban J connectivity index is 1.72. The molecule has 2 rings (SSSR count). The number of rotatable bonds is 6. The molecule has 6 nitrogen and oxygen atoms in total. The summed E-state index contributed by atoms with van der Waals surface area (Å²) in [4.78, 5) is 23.4. The fraction of sp³-hybridized carbons (Fsp3) is 0.471. The Hall–Kier alpha value is -2.62. The van der Waals surface area contributed by atoms with Crippen LogP contribution in [0.5, 0.6) is 5.75 Å². The van der Waals surface area contributed by atoms with Gasteiger partial charge in [0.15, 0.2) is 13.2 Å². The van der Waals surface area contributed by atoms with E-state index in [2.05, 4.69) is 11.4 Å². The number of benzene rings is 1. The second-order valence-corrected chi connectivity index (χ2v) is 5.71. The van der Waals surface area contributed by atoms with Gasteiger partial charge in [0.1, 0.15) is 17.1 Å². The number of nitrogens with zero attached hydrogens (tertiary/aromatic N) is 1. The summed E-state index contributed by atoms with van der Waals surface area (Å²) >= 11 is 0. The van der Waals surface area contributed by atoms with Crippen LogP contribution in [-0.4, -0.2) is 30.6 Å². The van der Waals surface area contributed by atoms with Crippen LogP contribution in [0.25, 0.3) is 0 Å². The van der Waals surface area contributed by atoms with E-state index in [4.69, 9.17) is 9.47 Å². The van der Waals surface area contributed by atoms with Gasteiger partial charge in [-0.1, -0.05) is 19.3 Å². The maximum atomic E-state index is 12.7. The first-order valence-corrected chi connectivity index (χ1v) is 7.79. The zero-order valence-corrected chi connectivity index (χ0v) is 13.2. The molecule has 0 unspecified atom stereocenters. The van der Waals surface area contributed by atoms with Gasteiger partial charge in [-0.3, -0.25) is 4.79 Å². The Morgan fingerprint density at radius 2 is 1.83 bits per heavy atom. The molecule has 1 N–H and O–H groups in total. The Morgan fingerprint density at radius 1 is 1.17 bits per heavy atom. The van der Waals surface area contributed by atoms with Gasteiger partial charge in [0.2, 0.25) is 0 Å². The highest BCUT2D eigenvalue weighted by molar-refractivity contribution is 5.81. The van der Waals surface area contributed by atoms with Crippen LogP contribution in [0, 0.1) is 17.1 Å². The van der Waals surface area contributed by atoms with Crippen LogP contribution in [0.15, 0.2) is 24.3 Å². The molecule has 0 saturated heterocycles. The van der Waals surface area contributed by atoms with Gasteiger partial charge in [-0.25, -0.2) is 9.18 Å². The van der Waals surface area contributed by atoms with Gasteiger partial charge in [0.05, 0.1) is 6.07 Å². The number of nitrogens with one attached hydrogen (secondary N) is 1. The van der Waals surface area contributed by atoms with E-state index in [-0.39, 0.29) is 6.61 Å². The minimum Gasteiger partial charge on any atom is -0.482 e. The third-order valence-corrected chi connectivity index (χ3v) is 3.83. The van der Waals surface area contributed by atoms with Crippen LogP contribution in [0.3, 0.4) is 0 Å². The molecule has 128 valence electrons. The van der Waals surface area contributed by atoms with E-state index < -0.39 is 29.8 Å². The second kappa shape index (κ2) is 8.29. The van der Waals surface area contributed by atoms with E-state index in [1.807, 2.05) is 0 Å². The molecule has 0 heterocycles. The monoisotopic (exact) mass is 334 g/mol. The normalized spacial score (nSPS) is 15.8. The van der Waals surface area contributed by atoms with Gasteiger partial charge in [0.25, 0.3) is 5.91 Å². The molecule has 0 radical (unpaired) electrons. The number of amides is 1. The topological polar surface area (TPSA) is 88.4 Å². The highest BCUT2D eigenvalue weighted by Crippen LogP contribution is 2.27. The lowest BCUT2D eigenvalue weighted by molar-refractivity contribution is -0.150. The van der Waals surface area contributed by atoms with E-state index in [0.717, 1.165) is 19.3 Å². The lowest BCUT2D eigenvalue weighted by Crippen LogP contribution is -2.50. The van der Waals surface area contributed by atoms with Gasteiger partial charge in [-0.05, 0) is 37.1 Å². The van der Waals surface area contributed by atoms with Crippen LogP contribution in [0.1, 0.15) is 32.1 Å². The summed E-state index contributed by atoms with van der Waals surface area (Å²) in [6, 6.07) is 7.34. The maximum Gasteiger partial charge on any atom is 0.344 e. The molecule has 24 heavy (non-hydrogen) atoms. The predicted octanol–water partition coefficient (Wildman–Crippen LogP) is 2.09. The summed E-state index contributed by atoms with van der Waals surface area (Å²) in [5.41, 5.74) is -0.855. The molecule has 0 atom stereocenters. The lowest BCUT2D eigenvalue weighted by atomic mass is 9.83. The third kappa shape index (κ3) is 5.23. The second-order valence-electron chi connectivity index (χ2n) is 5.71. The number of ether oxygens (including phenoxy) is 2. The first kappa shape index (κ1) is 17.7. The third-order valence-electron chi connectivity index (χ3n) is 3.83. The number of nitriles is 1. The largest absolute Gasteiger partial charge is 0.482 e. The van der Waals surface area contributed by atoms with Crippen LogP contribution < -0.4 is 10.1 Å². The SMILES string of the molecule is N#CC1(NC(=O)COC(=O)COc2ccc(F)cc2)CCCCC1. The molecule has 1 aliphatic carbocycles. The summed E-state index contributed by atoms with van der Waals surface area (Å²) in [7, 11) is 0. The predicted molar refractivity (Wildman–Crippen MR) is 82.4 cm³/mol. The zero-order valence-electron chi connectivity index (χ0n) is 13.2. The Labute approximate surface area is 139 Å². The summed E-state index contributed by atoms with van der Waals surface area (Å²) in [6.07, 6.45) is 4.04. The van der Waals surface area contributed by atoms with Crippen LogP contribution in [-0.2, 0) is 14.3 Å². The number of carbonyl (C=O) groups excluding carboxylic acids is 2. The highest BCUT2D eigenvalue weighted by atomic mass is 19.1. The van der Waals surface area contributed by atoms with Gasteiger partial charge >= 0.3 is 5.97 Å². The first-order chi connectivity index (χ1) is 11.5. The molecule has 1 aromatic carbocycles. The molecule has 7 heteroatoms. The van der Waals surface area contributed by atoms with Gasteiger partial charge < -0.3 is 14.8 Å². The molecule has 1 aromatic rings. The summed E-state index contributed by atoms with van der Waals surface area (Å²) in [6.45, 7) is -0.850. The van der Waals surface area contributed by atoms with E-state index in [0.29, 0.717) is 18.6 Å². The molecular formula is C17H19FN2O4. The van der Waals surface area contributed by atoms with Gasteiger partial charge in [0, 0.05) is 0 Å². The summed E-state index contributed by atoms with van der Waals surface area (Å²) in [5.74, 6) is -1.31. The number of halogens is 1. The quantitative estimate of drug-likeness (QED) is 0.805. The number of hydrogen-bond acceptors (Lipinski definition) is 5. The van der Waals surface area contributed by atoms with Crippen molar-refractivity contribution in [3.8, 4) is 11.8 Å². The fourth-order valence-electron chi connectivity index (χ4n) is 2.58. The molecule has 1 amide bonds. The molecule has 0 bridgehead atoms. The Kier molecular flexibility index (Phi) is 6.13. The smallest absolute Gasteiger partial charge is 0.344 e. The minimum atomic E-state index is -0.855. The van der Waals surface area contributed by atoms with Crippen molar-refractivity contribution in [1.82, 2.24) is 5.32 Å². The highest BCUT2D eigenvalue weighted by Gasteiger charge is 2.33. The lowest BCUT2D eigenvalue weighted by Gasteiger charge is -2.31. The van der Waals surface area contributed by atoms with E-state index >= 15 is 0 Å². The van der Waals surface area contributed by atoms with Crippen molar-refractivity contribution in [2.75, 3.05) is 13.2 Å². The fourth-order valence-corrected chi connectivity index (χ4v) is 2.58. The van der Waals surface area contributed by atoms with E-state index in [1.165, 1.54) is 24.3 Å². The van der Waals surface area contributed by atoms with Crippen molar-refractivity contribution in [2.45, 2.75) is 37.6 Å². The van der Waals surface area contributed by atoms with Crippen LogP contribution >= 0.6 is 0 Å². The van der Waals surface area contributed by atoms with Crippen molar-refractivity contribution in [3.05, 3.63) is 30.1 Å². The number of hydrogen-bond donors (Lipinski definition) is 1. The van der Waals surface area contributed by atoms with Crippen molar-refractivity contribution < 1.29 is 23.5 Å². The molecule has 0 aromatic heterocycles. The van der Waals surface area contributed by atoms with E-state index in [9.17, 15) is 19.2 Å². The van der Waals surface area contributed by atoms with Crippen molar-refractivity contribution in [3.63, 3.8) is 0 Å². The molecule has 0 spiro atoms. The van der Waals surface area contributed by atoms with Gasteiger partial charge in [-0.2, -0.15) is 5.26 Å². The maximum absolute atomic E-state index is 12.7. The molecule has 1 fully saturated rings. The van der Waals surface area contributed by atoms with Gasteiger partial charge in [-0.15, -0.1) is 0 Å². The first-order valence-electron chi connectivity index (χ1n) is 7.79. The van der Waals surface area contributed by atoms with Crippen LogP contribution in [0.4, 0.5) is 4.39 Å². The Bertz CT molecular complexity index is 618. The standard InChI is InChI=1S/C17H19FN2O4/c18-13-4-6-14(7-5-13)23-11-16(22)24-10-15(21)20-17(12-19)8-2-1-3-9-17/h4-7H,1-3,8-11H2,(H,20,21). The van der Waals surface area contributed by atoms with Crippen molar-refractivity contribution in [2.24, 2.45) is 0 Å². The molecule has 1 saturated carbocycles.